The Labute approximate surface area is 374 Å². The molecule has 0 bridgehead atoms. The molecule has 0 radical (unpaired) electrons. The molecule has 0 aliphatic carbocycles. The molecule has 6 heteroatoms. The third kappa shape index (κ3) is 42.7. The van der Waals surface area contributed by atoms with Crippen molar-refractivity contribution in [2.75, 3.05) is 6.61 Å². The van der Waals surface area contributed by atoms with E-state index in [2.05, 4.69) is 99.0 Å². The van der Waals surface area contributed by atoms with Crippen LogP contribution in [0.5, 0.6) is 0 Å². The Hall–Kier alpha value is -3.74. The maximum Gasteiger partial charge on any atom is 0.306 e. The Morgan fingerprint density at radius 3 is 1.54 bits per heavy atom. The lowest BCUT2D eigenvalue weighted by atomic mass is 10.0. The molecule has 3 unspecified atom stereocenters. The monoisotopic (exact) mass is 844 g/mol. The van der Waals surface area contributed by atoms with Gasteiger partial charge in [-0.15, -0.1) is 0 Å². The van der Waals surface area contributed by atoms with Gasteiger partial charge in [0, 0.05) is 6.42 Å². The van der Waals surface area contributed by atoms with E-state index < -0.39 is 18.2 Å². The van der Waals surface area contributed by atoms with Gasteiger partial charge in [0.05, 0.1) is 25.2 Å². The minimum atomic E-state index is -0.817. The van der Waals surface area contributed by atoms with Crippen LogP contribution in [0.25, 0.3) is 0 Å². The number of nitrogens with one attached hydrogen (secondary N) is 1. The molecule has 6 nitrogen and oxygen atoms in total. The van der Waals surface area contributed by atoms with Crippen molar-refractivity contribution >= 4 is 11.9 Å². The number of unbranched alkanes of at least 4 members (excludes halogenated alkanes) is 13. The number of hydrogen-bond donors (Lipinski definition) is 3. The van der Waals surface area contributed by atoms with E-state index in [0.717, 1.165) is 96.3 Å². The zero-order valence-electron chi connectivity index (χ0n) is 39.0. The van der Waals surface area contributed by atoms with Gasteiger partial charge in [0.1, 0.15) is 6.10 Å². The van der Waals surface area contributed by atoms with Crippen LogP contribution in [0.2, 0.25) is 0 Å². The van der Waals surface area contributed by atoms with Crippen molar-refractivity contribution in [1.29, 1.82) is 0 Å². The SMILES string of the molecule is CC/C=C\C/C=C\C/C=C\C/C=C\C/C=C\CCCC(CC(=O)NC(CO)C(O)CCCCCCCCCCCC)OC(=O)CCCCC/C=C/C=C\C=C/C=C/C=C/CC. The van der Waals surface area contributed by atoms with Crippen LogP contribution in [-0.2, 0) is 14.3 Å². The molecule has 0 aliphatic rings. The summed E-state index contributed by atoms with van der Waals surface area (Å²) in [6.45, 7) is 6.16. The highest BCUT2D eigenvalue weighted by atomic mass is 16.5. The Bertz CT molecular complexity index is 1310. The van der Waals surface area contributed by atoms with Crippen LogP contribution in [0, 0.1) is 0 Å². The van der Waals surface area contributed by atoms with E-state index in [1.807, 2.05) is 48.6 Å². The first-order chi connectivity index (χ1) is 30.0. The third-order valence-corrected chi connectivity index (χ3v) is 10.2. The van der Waals surface area contributed by atoms with Crippen molar-refractivity contribution < 1.29 is 24.5 Å². The Morgan fingerprint density at radius 1 is 0.508 bits per heavy atom. The van der Waals surface area contributed by atoms with Crippen LogP contribution in [0.1, 0.15) is 188 Å². The van der Waals surface area contributed by atoms with Gasteiger partial charge in [-0.25, -0.2) is 0 Å². The number of aliphatic hydroxyl groups excluding tert-OH is 2. The van der Waals surface area contributed by atoms with Gasteiger partial charge in [-0.1, -0.05) is 213 Å². The van der Waals surface area contributed by atoms with Crippen LogP contribution in [0.4, 0.5) is 0 Å². The number of hydrogen-bond acceptors (Lipinski definition) is 5. The summed E-state index contributed by atoms with van der Waals surface area (Å²) in [7, 11) is 0. The van der Waals surface area contributed by atoms with Crippen molar-refractivity contribution in [3.05, 3.63) is 122 Å². The molecular weight excluding hydrogens is 755 g/mol. The summed E-state index contributed by atoms with van der Waals surface area (Å²) in [5, 5.41) is 23.6. The number of amides is 1. The first kappa shape index (κ1) is 57.3. The molecule has 0 aromatic heterocycles. The summed E-state index contributed by atoms with van der Waals surface area (Å²) in [5.74, 6) is -0.595. The van der Waals surface area contributed by atoms with Crippen molar-refractivity contribution in [2.45, 2.75) is 206 Å². The molecule has 344 valence electrons. The minimum absolute atomic E-state index is 0.0125. The normalized spacial score (nSPS) is 14.4. The maximum absolute atomic E-state index is 13.2. The highest BCUT2D eigenvalue weighted by Gasteiger charge is 2.24. The summed E-state index contributed by atoms with van der Waals surface area (Å²) in [6.07, 6.45) is 65.4. The lowest BCUT2D eigenvalue weighted by Crippen LogP contribution is -2.46. The van der Waals surface area contributed by atoms with E-state index in [1.54, 1.807) is 0 Å². The van der Waals surface area contributed by atoms with Crippen LogP contribution >= 0.6 is 0 Å². The van der Waals surface area contributed by atoms with E-state index in [0.29, 0.717) is 19.3 Å². The van der Waals surface area contributed by atoms with Gasteiger partial charge in [0.25, 0.3) is 0 Å². The van der Waals surface area contributed by atoms with Crippen LogP contribution < -0.4 is 5.32 Å². The van der Waals surface area contributed by atoms with Gasteiger partial charge in [-0.3, -0.25) is 9.59 Å². The molecule has 0 saturated carbocycles. The van der Waals surface area contributed by atoms with E-state index >= 15 is 0 Å². The zero-order valence-corrected chi connectivity index (χ0v) is 39.0. The molecule has 0 rings (SSSR count). The number of rotatable bonds is 41. The zero-order chi connectivity index (χ0) is 44.5. The predicted octanol–water partition coefficient (Wildman–Crippen LogP) is 14.5. The fourth-order valence-electron chi connectivity index (χ4n) is 6.54. The topological polar surface area (TPSA) is 95.9 Å². The van der Waals surface area contributed by atoms with Gasteiger partial charge in [0.15, 0.2) is 0 Å². The highest BCUT2D eigenvalue weighted by Crippen LogP contribution is 2.16. The molecule has 1 amide bonds. The lowest BCUT2D eigenvalue weighted by Gasteiger charge is -2.24. The summed E-state index contributed by atoms with van der Waals surface area (Å²) in [5.41, 5.74) is 0. The van der Waals surface area contributed by atoms with Crippen LogP contribution in [-0.4, -0.2) is 46.9 Å². The fraction of sp³-hybridized carbons (Fsp3) is 0.600. The van der Waals surface area contributed by atoms with Crippen molar-refractivity contribution in [2.24, 2.45) is 0 Å². The first-order valence-corrected chi connectivity index (χ1v) is 24.3. The highest BCUT2D eigenvalue weighted by molar-refractivity contribution is 5.77. The summed E-state index contributed by atoms with van der Waals surface area (Å²) < 4.78 is 5.87. The van der Waals surface area contributed by atoms with E-state index in [4.69, 9.17) is 4.74 Å². The van der Waals surface area contributed by atoms with Crippen LogP contribution in [0.15, 0.2) is 122 Å². The average Bonchev–Trinajstić information content (AvgIpc) is 3.25. The van der Waals surface area contributed by atoms with Gasteiger partial charge < -0.3 is 20.3 Å². The second-order valence-corrected chi connectivity index (χ2v) is 15.9. The number of esters is 1. The molecule has 0 aliphatic heterocycles. The lowest BCUT2D eigenvalue weighted by molar-refractivity contribution is -0.151. The molecular formula is C55H89NO5. The van der Waals surface area contributed by atoms with Gasteiger partial charge in [0.2, 0.25) is 5.91 Å². The quantitative estimate of drug-likeness (QED) is 0.0247. The Balaban J connectivity index is 4.84. The van der Waals surface area contributed by atoms with Crippen molar-refractivity contribution in [3.63, 3.8) is 0 Å². The molecule has 0 aromatic rings. The Morgan fingerprint density at radius 2 is 0.984 bits per heavy atom. The maximum atomic E-state index is 13.2. The van der Waals surface area contributed by atoms with Crippen molar-refractivity contribution in [3.8, 4) is 0 Å². The number of carbonyl (C=O) groups excluding carboxylic acids is 2. The number of aliphatic hydroxyl groups is 2. The van der Waals surface area contributed by atoms with Crippen molar-refractivity contribution in [1.82, 2.24) is 5.32 Å². The summed E-state index contributed by atoms with van der Waals surface area (Å²) in [6, 6.07) is -0.736. The largest absolute Gasteiger partial charge is 0.462 e. The first-order valence-electron chi connectivity index (χ1n) is 24.3. The van der Waals surface area contributed by atoms with E-state index in [1.165, 1.54) is 44.9 Å². The Kier molecular flexibility index (Phi) is 44.4. The second kappa shape index (κ2) is 47.3. The summed E-state index contributed by atoms with van der Waals surface area (Å²) >= 11 is 0. The number of ether oxygens (including phenoxy) is 1. The van der Waals surface area contributed by atoms with Gasteiger partial charge >= 0.3 is 5.97 Å². The molecule has 0 saturated heterocycles. The average molecular weight is 844 g/mol. The smallest absolute Gasteiger partial charge is 0.306 e. The van der Waals surface area contributed by atoms with E-state index in [9.17, 15) is 19.8 Å². The third-order valence-electron chi connectivity index (χ3n) is 10.2. The van der Waals surface area contributed by atoms with Gasteiger partial charge in [-0.05, 0) is 83.5 Å². The fourth-order valence-corrected chi connectivity index (χ4v) is 6.54. The van der Waals surface area contributed by atoms with Gasteiger partial charge in [-0.2, -0.15) is 0 Å². The summed E-state index contributed by atoms with van der Waals surface area (Å²) in [4.78, 5) is 26.1. The van der Waals surface area contributed by atoms with Crippen LogP contribution in [0.3, 0.4) is 0 Å². The molecule has 0 heterocycles. The molecule has 0 spiro atoms. The number of carbonyl (C=O) groups is 2. The second-order valence-electron chi connectivity index (χ2n) is 15.9. The number of allylic oxidation sites excluding steroid dienone is 20. The molecule has 0 aromatic carbocycles. The molecule has 3 N–H and O–H groups in total. The van der Waals surface area contributed by atoms with E-state index in [-0.39, 0.29) is 24.9 Å². The molecule has 61 heavy (non-hydrogen) atoms. The predicted molar refractivity (Wildman–Crippen MR) is 263 cm³/mol. The standard InChI is InChI=1S/C55H89NO5/c1-4-7-10-13-16-19-22-24-26-27-29-30-32-34-37-40-43-46-51(61-55(60)48-45-42-39-36-33-31-28-25-23-20-17-14-11-8-5-2)49-54(59)56-52(50-57)53(58)47-44-41-38-35-21-18-15-12-9-6-3/h7-8,10-11,14,16-17,19-20,23-26,28-31,33-34,37,51-53,57-58H,4-6,9,12-13,15,18,21-22,27,32,35-36,38-50H2,1-3H3,(H,56,59)/b10-7-,11-8+,17-14+,19-16-,23-20-,26-24-,28-25-,30-29-,33-31+,37-34-. The minimum Gasteiger partial charge on any atom is -0.462 e. The molecule has 3 atom stereocenters. The molecule has 0 fully saturated rings.